The third-order valence-electron chi connectivity index (χ3n) is 1.86. The van der Waals surface area contributed by atoms with Crippen molar-refractivity contribution in [1.29, 1.82) is 0 Å². The summed E-state index contributed by atoms with van der Waals surface area (Å²) >= 11 is 0. The van der Waals surface area contributed by atoms with Crippen LogP contribution in [-0.2, 0) is 0 Å². The molecule has 2 rings (SSSR count). The van der Waals surface area contributed by atoms with E-state index in [1.54, 1.807) is 6.07 Å². The number of aromatic nitrogens is 1. The van der Waals surface area contributed by atoms with Crippen LogP contribution in [0.5, 0.6) is 0 Å². The Kier molecular flexibility index (Phi) is 2.09. The van der Waals surface area contributed by atoms with Crippen molar-refractivity contribution in [2.24, 2.45) is 0 Å². The van der Waals surface area contributed by atoms with Crippen molar-refractivity contribution in [3.63, 3.8) is 0 Å². The zero-order chi connectivity index (χ0) is 10.8. The molecule has 0 aliphatic heterocycles. The Hall–Kier alpha value is -2.37. The Morgan fingerprint density at radius 2 is 2.27 bits per heavy atom. The standard InChI is InChI=1S/C9H7N3O3/c10-9-4-7(12(13)14)3-8(11-9)6-1-2-15-5-6/h1-5H,(H2,10,11). The van der Waals surface area contributed by atoms with Crippen molar-refractivity contribution in [3.05, 3.63) is 40.8 Å². The first-order valence-corrected chi connectivity index (χ1v) is 4.11. The molecular formula is C9H7N3O3. The Balaban J connectivity index is 2.54. The summed E-state index contributed by atoms with van der Waals surface area (Å²) in [6, 6.07) is 4.22. The van der Waals surface area contributed by atoms with Gasteiger partial charge in [-0.25, -0.2) is 4.98 Å². The fourth-order valence-corrected chi connectivity index (χ4v) is 1.20. The SMILES string of the molecule is Nc1cc([N+](=O)[O-])cc(-c2ccoc2)n1. The number of rotatable bonds is 2. The summed E-state index contributed by atoms with van der Waals surface area (Å²) in [5.74, 6) is 0.111. The van der Waals surface area contributed by atoms with Crippen LogP contribution in [0.3, 0.4) is 0 Å². The lowest BCUT2D eigenvalue weighted by Gasteiger charge is -1.98. The highest BCUT2D eigenvalue weighted by atomic mass is 16.6. The molecule has 6 heteroatoms. The number of furan rings is 1. The van der Waals surface area contributed by atoms with Gasteiger partial charge < -0.3 is 10.2 Å². The predicted molar refractivity (Wildman–Crippen MR) is 53.0 cm³/mol. The first-order chi connectivity index (χ1) is 7.16. The van der Waals surface area contributed by atoms with E-state index in [4.69, 9.17) is 10.2 Å². The molecule has 6 nitrogen and oxygen atoms in total. The minimum atomic E-state index is -0.512. The second kappa shape index (κ2) is 3.41. The van der Waals surface area contributed by atoms with E-state index in [-0.39, 0.29) is 11.5 Å². The van der Waals surface area contributed by atoms with Crippen LogP contribution in [0, 0.1) is 10.1 Å². The molecule has 0 aliphatic carbocycles. The van der Waals surface area contributed by atoms with Gasteiger partial charge in [0.1, 0.15) is 5.82 Å². The highest BCUT2D eigenvalue weighted by Gasteiger charge is 2.11. The second-order valence-electron chi connectivity index (χ2n) is 2.90. The van der Waals surface area contributed by atoms with Gasteiger partial charge in [0.2, 0.25) is 0 Å². The zero-order valence-corrected chi connectivity index (χ0v) is 7.58. The third-order valence-corrected chi connectivity index (χ3v) is 1.86. The molecule has 2 heterocycles. The van der Waals surface area contributed by atoms with Crippen LogP contribution in [0.15, 0.2) is 35.1 Å². The molecule has 0 saturated heterocycles. The number of nitrogens with two attached hydrogens (primary N) is 1. The van der Waals surface area contributed by atoms with Crippen LogP contribution in [0.2, 0.25) is 0 Å². The van der Waals surface area contributed by atoms with Gasteiger partial charge in [0.25, 0.3) is 5.69 Å². The predicted octanol–water partition coefficient (Wildman–Crippen LogP) is 1.83. The molecule has 2 aromatic rings. The van der Waals surface area contributed by atoms with Crippen molar-refractivity contribution in [2.75, 3.05) is 5.73 Å². The van der Waals surface area contributed by atoms with Gasteiger partial charge in [0, 0.05) is 11.6 Å². The zero-order valence-electron chi connectivity index (χ0n) is 7.58. The van der Waals surface area contributed by atoms with E-state index >= 15 is 0 Å². The Morgan fingerprint density at radius 1 is 1.47 bits per heavy atom. The molecular weight excluding hydrogens is 198 g/mol. The van der Waals surface area contributed by atoms with Gasteiger partial charge in [-0.15, -0.1) is 0 Å². The van der Waals surface area contributed by atoms with E-state index in [1.807, 2.05) is 0 Å². The number of nitrogen functional groups attached to an aromatic ring is 1. The van der Waals surface area contributed by atoms with E-state index in [1.165, 1.54) is 24.7 Å². The number of nitro groups is 1. The van der Waals surface area contributed by atoms with Gasteiger partial charge in [-0.2, -0.15) is 0 Å². The number of pyridine rings is 1. The van der Waals surface area contributed by atoms with Crippen molar-refractivity contribution in [2.45, 2.75) is 0 Å². The Bertz CT molecular complexity index is 493. The van der Waals surface area contributed by atoms with Crippen LogP contribution in [0.1, 0.15) is 0 Å². The molecule has 0 fully saturated rings. The third kappa shape index (κ3) is 1.78. The van der Waals surface area contributed by atoms with Crippen LogP contribution in [0.4, 0.5) is 11.5 Å². The van der Waals surface area contributed by atoms with Crippen LogP contribution >= 0.6 is 0 Å². The lowest BCUT2D eigenvalue weighted by molar-refractivity contribution is -0.384. The largest absolute Gasteiger partial charge is 0.472 e. The maximum absolute atomic E-state index is 10.6. The maximum Gasteiger partial charge on any atom is 0.275 e. The number of hydrogen-bond donors (Lipinski definition) is 1. The van der Waals surface area contributed by atoms with E-state index in [0.29, 0.717) is 11.3 Å². The summed E-state index contributed by atoms with van der Waals surface area (Å²) in [5.41, 5.74) is 6.46. The van der Waals surface area contributed by atoms with E-state index < -0.39 is 4.92 Å². The minimum absolute atomic E-state index is 0.0845. The van der Waals surface area contributed by atoms with Gasteiger partial charge in [0.05, 0.1) is 29.2 Å². The summed E-state index contributed by atoms with van der Waals surface area (Å²) in [6.07, 6.45) is 2.91. The lowest BCUT2D eigenvalue weighted by atomic mass is 10.2. The number of hydrogen-bond acceptors (Lipinski definition) is 5. The molecule has 0 radical (unpaired) electrons. The van der Waals surface area contributed by atoms with Crippen molar-refractivity contribution < 1.29 is 9.34 Å². The molecule has 2 aromatic heterocycles. The lowest BCUT2D eigenvalue weighted by Crippen LogP contribution is -1.96. The summed E-state index contributed by atoms with van der Waals surface area (Å²) in [5, 5.41) is 10.6. The Morgan fingerprint density at radius 3 is 2.87 bits per heavy atom. The van der Waals surface area contributed by atoms with Gasteiger partial charge in [0.15, 0.2) is 0 Å². The number of anilines is 1. The van der Waals surface area contributed by atoms with Gasteiger partial charge in [-0.1, -0.05) is 0 Å². The molecule has 2 N–H and O–H groups in total. The first-order valence-electron chi connectivity index (χ1n) is 4.11. The van der Waals surface area contributed by atoms with Crippen LogP contribution < -0.4 is 5.73 Å². The van der Waals surface area contributed by atoms with Gasteiger partial charge in [-0.3, -0.25) is 10.1 Å². The molecule has 76 valence electrons. The van der Waals surface area contributed by atoms with Crippen molar-refractivity contribution in [1.82, 2.24) is 4.98 Å². The molecule has 0 spiro atoms. The monoisotopic (exact) mass is 205 g/mol. The van der Waals surface area contributed by atoms with Gasteiger partial charge >= 0.3 is 0 Å². The molecule has 0 aromatic carbocycles. The summed E-state index contributed by atoms with van der Waals surface area (Å²) in [6.45, 7) is 0. The Labute approximate surface area is 84.5 Å². The molecule has 0 amide bonds. The van der Waals surface area contributed by atoms with E-state index in [9.17, 15) is 10.1 Å². The molecule has 0 unspecified atom stereocenters. The highest BCUT2D eigenvalue weighted by molar-refractivity contribution is 5.63. The quantitative estimate of drug-likeness (QED) is 0.596. The van der Waals surface area contributed by atoms with Crippen molar-refractivity contribution >= 4 is 11.5 Å². The summed E-state index contributed by atoms with van der Waals surface area (Å²) in [7, 11) is 0. The molecule has 0 atom stereocenters. The van der Waals surface area contributed by atoms with Crippen LogP contribution in [-0.4, -0.2) is 9.91 Å². The smallest absolute Gasteiger partial charge is 0.275 e. The maximum atomic E-state index is 10.6. The second-order valence-corrected chi connectivity index (χ2v) is 2.90. The van der Waals surface area contributed by atoms with E-state index in [2.05, 4.69) is 4.98 Å². The fourth-order valence-electron chi connectivity index (χ4n) is 1.20. The average molecular weight is 205 g/mol. The molecule has 0 bridgehead atoms. The summed E-state index contributed by atoms with van der Waals surface area (Å²) < 4.78 is 4.86. The topological polar surface area (TPSA) is 95.2 Å². The summed E-state index contributed by atoms with van der Waals surface area (Å²) in [4.78, 5) is 14.0. The number of nitrogens with zero attached hydrogens (tertiary/aromatic N) is 2. The van der Waals surface area contributed by atoms with Crippen molar-refractivity contribution in [3.8, 4) is 11.3 Å². The highest BCUT2D eigenvalue weighted by Crippen LogP contribution is 2.24. The minimum Gasteiger partial charge on any atom is -0.472 e. The molecule has 0 aliphatic rings. The molecule has 15 heavy (non-hydrogen) atoms. The van der Waals surface area contributed by atoms with E-state index in [0.717, 1.165) is 0 Å². The van der Waals surface area contributed by atoms with Gasteiger partial charge in [-0.05, 0) is 6.07 Å². The first kappa shape index (κ1) is 9.20. The normalized spacial score (nSPS) is 10.1. The molecule has 0 saturated carbocycles. The van der Waals surface area contributed by atoms with Crippen LogP contribution in [0.25, 0.3) is 11.3 Å². The average Bonchev–Trinajstić information content (AvgIpc) is 2.69. The fraction of sp³-hybridized carbons (Fsp3) is 0.